The largest absolute Gasteiger partial charge is 0.397 e. The third-order valence-corrected chi connectivity index (χ3v) is 6.15. The van der Waals surface area contributed by atoms with E-state index in [0.29, 0.717) is 16.7 Å². The zero-order chi connectivity index (χ0) is 25.4. The van der Waals surface area contributed by atoms with Crippen LogP contribution in [-0.4, -0.2) is 35.5 Å². The monoisotopic (exact) mass is 491 g/mol. The van der Waals surface area contributed by atoms with Crippen molar-refractivity contribution >= 4 is 17.7 Å². The zero-order valence-electron chi connectivity index (χ0n) is 19.0. The highest BCUT2D eigenvalue weighted by molar-refractivity contribution is 6.01. The highest BCUT2D eigenvalue weighted by Gasteiger charge is 2.52. The van der Waals surface area contributed by atoms with Crippen LogP contribution in [0.15, 0.2) is 42.5 Å². The molecule has 186 valence electrons. The molecule has 0 aromatic heterocycles. The quantitative estimate of drug-likeness (QED) is 0.485. The van der Waals surface area contributed by atoms with Gasteiger partial charge in [-0.25, -0.2) is 4.39 Å². The fourth-order valence-electron chi connectivity index (χ4n) is 3.88. The van der Waals surface area contributed by atoms with Crippen molar-refractivity contribution in [2.24, 2.45) is 0 Å². The number of carbonyl (C=O) groups excluding carboxylic acids is 3. The smallest absolute Gasteiger partial charge is 0.349 e. The van der Waals surface area contributed by atoms with Crippen LogP contribution in [0.2, 0.25) is 0 Å². The molecule has 6 nitrogen and oxygen atoms in total. The van der Waals surface area contributed by atoms with E-state index in [1.165, 1.54) is 12.1 Å². The summed E-state index contributed by atoms with van der Waals surface area (Å²) in [4.78, 5) is 36.9. The van der Waals surface area contributed by atoms with Gasteiger partial charge in [-0.05, 0) is 55.4 Å². The molecular weight excluding hydrogens is 466 g/mol. The molecule has 2 aromatic carbocycles. The number of nitrogens with one attached hydrogen (secondary N) is 3. The predicted molar refractivity (Wildman–Crippen MR) is 120 cm³/mol. The number of benzene rings is 2. The van der Waals surface area contributed by atoms with Crippen LogP contribution >= 0.6 is 0 Å². The number of carbonyl (C=O) groups is 3. The van der Waals surface area contributed by atoms with Crippen molar-refractivity contribution < 1.29 is 31.9 Å². The SMILES string of the molecule is C[C@@H](NC(=O)C1(NC(=O)CC(F)(F)F)CC1)c1ccc(-c2cccc(F)c2C(=O)NC2CC2)cc1. The number of halogens is 4. The van der Waals surface area contributed by atoms with Crippen LogP contribution in [0.5, 0.6) is 0 Å². The van der Waals surface area contributed by atoms with E-state index in [1.807, 2.05) is 0 Å². The van der Waals surface area contributed by atoms with Crippen molar-refractivity contribution in [1.82, 2.24) is 16.0 Å². The minimum atomic E-state index is -4.65. The van der Waals surface area contributed by atoms with E-state index >= 15 is 0 Å². The van der Waals surface area contributed by atoms with Gasteiger partial charge in [0.15, 0.2) is 0 Å². The molecule has 3 amide bonds. The molecular formula is C25H25F4N3O3. The molecule has 2 fully saturated rings. The van der Waals surface area contributed by atoms with Gasteiger partial charge < -0.3 is 16.0 Å². The summed E-state index contributed by atoms with van der Waals surface area (Å²) in [5.74, 6) is -2.87. The Kier molecular flexibility index (Phi) is 6.57. The van der Waals surface area contributed by atoms with E-state index in [2.05, 4.69) is 16.0 Å². The lowest BCUT2D eigenvalue weighted by molar-refractivity contribution is -0.155. The standard InChI is InChI=1S/C25H25F4N3O3/c1-14(30-23(35)24(11-12-24)32-20(33)13-25(27,28)29)15-5-7-16(8-6-15)18-3-2-4-19(26)21(18)22(34)31-17-9-10-17/h2-8,14,17H,9-13H2,1H3,(H,30,35)(H,31,34)(H,32,33)/t14-/m1/s1. The first-order valence-electron chi connectivity index (χ1n) is 11.4. The van der Waals surface area contributed by atoms with Gasteiger partial charge in [0.05, 0.1) is 11.6 Å². The molecule has 10 heteroatoms. The van der Waals surface area contributed by atoms with Gasteiger partial charge in [-0.3, -0.25) is 14.4 Å². The molecule has 2 aliphatic carbocycles. The van der Waals surface area contributed by atoms with Gasteiger partial charge in [-0.1, -0.05) is 36.4 Å². The normalized spacial score (nSPS) is 17.3. The summed E-state index contributed by atoms with van der Waals surface area (Å²) in [7, 11) is 0. The van der Waals surface area contributed by atoms with E-state index in [1.54, 1.807) is 37.3 Å². The van der Waals surface area contributed by atoms with Gasteiger partial charge in [0.1, 0.15) is 17.8 Å². The summed E-state index contributed by atoms with van der Waals surface area (Å²) in [6, 6.07) is 10.8. The molecule has 0 aliphatic heterocycles. The molecule has 35 heavy (non-hydrogen) atoms. The molecule has 1 atom stereocenters. The van der Waals surface area contributed by atoms with E-state index in [4.69, 9.17) is 0 Å². The lowest BCUT2D eigenvalue weighted by atomic mass is 9.96. The number of hydrogen-bond acceptors (Lipinski definition) is 3. The maximum Gasteiger partial charge on any atom is 0.397 e. The van der Waals surface area contributed by atoms with Gasteiger partial charge >= 0.3 is 6.18 Å². The second kappa shape index (κ2) is 9.31. The van der Waals surface area contributed by atoms with Crippen molar-refractivity contribution in [1.29, 1.82) is 0 Å². The van der Waals surface area contributed by atoms with Crippen molar-refractivity contribution in [2.45, 2.75) is 62.8 Å². The predicted octanol–water partition coefficient (Wildman–Crippen LogP) is 4.16. The Hall–Kier alpha value is -3.43. The maximum absolute atomic E-state index is 14.5. The van der Waals surface area contributed by atoms with E-state index in [9.17, 15) is 31.9 Å². The van der Waals surface area contributed by atoms with Gasteiger partial charge in [0.25, 0.3) is 5.91 Å². The lowest BCUT2D eigenvalue weighted by Gasteiger charge is -2.21. The van der Waals surface area contributed by atoms with Crippen molar-refractivity contribution in [3.8, 4) is 11.1 Å². The van der Waals surface area contributed by atoms with Gasteiger partial charge in [-0.15, -0.1) is 0 Å². The van der Waals surface area contributed by atoms with Crippen LogP contribution in [0.25, 0.3) is 11.1 Å². The minimum absolute atomic E-state index is 0.0289. The van der Waals surface area contributed by atoms with Gasteiger partial charge in [0, 0.05) is 6.04 Å². The van der Waals surface area contributed by atoms with E-state index in [0.717, 1.165) is 12.8 Å². The third-order valence-electron chi connectivity index (χ3n) is 6.15. The number of amides is 3. The molecule has 0 saturated heterocycles. The van der Waals surface area contributed by atoms with Crippen molar-refractivity contribution in [2.75, 3.05) is 0 Å². The molecule has 0 heterocycles. The highest BCUT2D eigenvalue weighted by Crippen LogP contribution is 2.37. The molecule has 4 rings (SSSR count). The van der Waals surface area contributed by atoms with Crippen LogP contribution in [0.4, 0.5) is 17.6 Å². The molecule has 3 N–H and O–H groups in total. The topological polar surface area (TPSA) is 87.3 Å². The van der Waals surface area contributed by atoms with E-state index in [-0.39, 0.29) is 24.4 Å². The number of rotatable bonds is 8. The Balaban J connectivity index is 1.43. The van der Waals surface area contributed by atoms with Gasteiger partial charge in [-0.2, -0.15) is 13.2 Å². The van der Waals surface area contributed by atoms with Crippen LogP contribution < -0.4 is 16.0 Å². The average molecular weight is 491 g/mol. The molecule has 2 aliphatic rings. The van der Waals surface area contributed by atoms with Crippen LogP contribution in [-0.2, 0) is 9.59 Å². The fraction of sp³-hybridized carbons (Fsp3) is 0.400. The molecule has 0 spiro atoms. The van der Waals surface area contributed by atoms with Crippen molar-refractivity contribution in [3.05, 3.63) is 59.4 Å². The summed E-state index contributed by atoms with van der Waals surface area (Å²) < 4.78 is 51.8. The van der Waals surface area contributed by atoms with Gasteiger partial charge in [0.2, 0.25) is 11.8 Å². The molecule has 0 bridgehead atoms. The summed E-state index contributed by atoms with van der Waals surface area (Å²) in [5, 5.41) is 7.74. The van der Waals surface area contributed by atoms with Crippen LogP contribution in [0.1, 0.15) is 61.0 Å². The Morgan fingerprint density at radius 1 is 1.06 bits per heavy atom. The third kappa shape index (κ3) is 5.98. The minimum Gasteiger partial charge on any atom is -0.349 e. The number of alkyl halides is 3. The highest BCUT2D eigenvalue weighted by atomic mass is 19.4. The molecule has 0 radical (unpaired) electrons. The maximum atomic E-state index is 14.5. The number of hydrogen-bond donors (Lipinski definition) is 3. The Morgan fingerprint density at radius 2 is 1.71 bits per heavy atom. The second-order valence-corrected chi connectivity index (χ2v) is 9.15. The lowest BCUT2D eigenvalue weighted by Crippen LogP contribution is -2.50. The average Bonchev–Trinajstić information content (AvgIpc) is 3.70. The molecule has 2 saturated carbocycles. The molecule has 2 aromatic rings. The van der Waals surface area contributed by atoms with Crippen LogP contribution in [0.3, 0.4) is 0 Å². The van der Waals surface area contributed by atoms with E-state index < -0.39 is 47.7 Å². The summed E-state index contributed by atoms with van der Waals surface area (Å²) in [6.45, 7) is 1.71. The summed E-state index contributed by atoms with van der Waals surface area (Å²) in [6.07, 6.45) is -4.01. The summed E-state index contributed by atoms with van der Waals surface area (Å²) in [5.41, 5.74) is 0.405. The first-order valence-corrected chi connectivity index (χ1v) is 11.4. The Morgan fingerprint density at radius 3 is 2.29 bits per heavy atom. The first kappa shape index (κ1) is 24.7. The Labute approximate surface area is 199 Å². The summed E-state index contributed by atoms with van der Waals surface area (Å²) >= 11 is 0. The second-order valence-electron chi connectivity index (χ2n) is 9.15. The molecule has 0 unspecified atom stereocenters. The Bertz CT molecular complexity index is 1140. The van der Waals surface area contributed by atoms with Crippen LogP contribution in [0, 0.1) is 5.82 Å². The first-order chi connectivity index (χ1) is 16.5. The van der Waals surface area contributed by atoms with Crippen molar-refractivity contribution in [3.63, 3.8) is 0 Å². The zero-order valence-corrected chi connectivity index (χ0v) is 19.0. The fourth-order valence-corrected chi connectivity index (χ4v) is 3.88.